The summed E-state index contributed by atoms with van der Waals surface area (Å²) in [4.78, 5) is 28.5. The molecule has 1 amide bonds. The monoisotopic (exact) mass is 664 g/mol. The van der Waals surface area contributed by atoms with Crippen LogP contribution in [0.3, 0.4) is 0 Å². The Hall–Kier alpha value is -4.81. The van der Waals surface area contributed by atoms with Crippen LogP contribution in [0.5, 0.6) is 17.5 Å². The van der Waals surface area contributed by atoms with Gasteiger partial charge in [-0.15, -0.1) is 0 Å². The molecule has 1 fully saturated rings. The van der Waals surface area contributed by atoms with Gasteiger partial charge in [-0.1, -0.05) is 48.5 Å². The molecule has 1 aromatic heterocycles. The number of carbonyl (C=O) groups is 1. The average Bonchev–Trinajstić information content (AvgIpc) is 3.14. The maximum absolute atomic E-state index is 14.6. The summed E-state index contributed by atoms with van der Waals surface area (Å²) in [5.74, 6) is 1.02. The average molecular weight is 665 g/mol. The lowest BCUT2D eigenvalue weighted by molar-refractivity contribution is 0.0356. The van der Waals surface area contributed by atoms with E-state index in [0.717, 1.165) is 77.6 Å². The second kappa shape index (κ2) is 15.2. The first-order chi connectivity index (χ1) is 24.1. The van der Waals surface area contributed by atoms with Gasteiger partial charge >= 0.3 is 6.01 Å². The van der Waals surface area contributed by atoms with Crippen molar-refractivity contribution >= 4 is 33.1 Å². The zero-order valence-electron chi connectivity index (χ0n) is 27.9. The molecule has 1 saturated heterocycles. The van der Waals surface area contributed by atoms with E-state index in [4.69, 9.17) is 38.4 Å². The topological polar surface area (TPSA) is 105 Å². The fourth-order valence-corrected chi connectivity index (χ4v) is 6.51. The summed E-state index contributed by atoms with van der Waals surface area (Å²) in [6.45, 7) is 5.22. The Balaban J connectivity index is 1.29. The third-order valence-electron chi connectivity index (χ3n) is 8.85. The van der Waals surface area contributed by atoms with Gasteiger partial charge in [-0.25, -0.2) is 0 Å². The van der Waals surface area contributed by atoms with Crippen LogP contribution in [-0.4, -0.2) is 94.6 Å². The molecular weight excluding hydrogens is 624 g/mol. The van der Waals surface area contributed by atoms with Gasteiger partial charge in [0.2, 0.25) is 0 Å². The molecule has 7 rings (SSSR count). The normalized spacial score (nSPS) is 15.1. The van der Waals surface area contributed by atoms with E-state index in [1.165, 1.54) is 0 Å². The molecule has 0 spiro atoms. The number of nitrogens with zero attached hydrogens (tertiary/aromatic N) is 4. The Morgan fingerprint density at radius 3 is 2.14 bits per heavy atom. The minimum atomic E-state index is -0.229. The fraction of sp³-hybridized carbons (Fsp3) is 0.342. The van der Waals surface area contributed by atoms with Crippen molar-refractivity contribution in [1.82, 2.24) is 14.9 Å². The number of fused-ring (bicyclic) bond motifs is 3. The van der Waals surface area contributed by atoms with Crippen molar-refractivity contribution in [2.24, 2.45) is 0 Å². The first-order valence-corrected chi connectivity index (χ1v) is 16.6. The van der Waals surface area contributed by atoms with Crippen LogP contribution in [0.25, 0.3) is 32.8 Å². The summed E-state index contributed by atoms with van der Waals surface area (Å²) in [6, 6.07) is 24.0. The van der Waals surface area contributed by atoms with Crippen molar-refractivity contribution in [2.75, 3.05) is 78.7 Å². The Bertz CT molecular complexity index is 1950. The lowest BCUT2D eigenvalue weighted by atomic mass is 9.93. The van der Waals surface area contributed by atoms with Crippen LogP contribution >= 0.6 is 0 Å². The molecule has 0 N–H and O–H groups in total. The maximum atomic E-state index is 14.6. The Morgan fingerprint density at radius 1 is 0.755 bits per heavy atom. The van der Waals surface area contributed by atoms with Crippen LogP contribution in [0.4, 0.5) is 5.69 Å². The molecule has 11 heteroatoms. The highest BCUT2D eigenvalue weighted by molar-refractivity contribution is 6.13. The molecule has 0 unspecified atom stereocenters. The second-order valence-corrected chi connectivity index (χ2v) is 12.0. The molecule has 11 nitrogen and oxygen atoms in total. The lowest BCUT2D eigenvalue weighted by Gasteiger charge is -2.30. The number of anilines is 1. The third-order valence-corrected chi connectivity index (χ3v) is 8.85. The zero-order valence-corrected chi connectivity index (χ0v) is 27.9. The summed E-state index contributed by atoms with van der Waals surface area (Å²) in [5.41, 5.74) is 3.32. The van der Waals surface area contributed by atoms with Gasteiger partial charge in [0.1, 0.15) is 17.2 Å². The van der Waals surface area contributed by atoms with Gasteiger partial charge in [0.25, 0.3) is 5.91 Å². The summed E-state index contributed by atoms with van der Waals surface area (Å²) < 4.78 is 33.8. The second-order valence-electron chi connectivity index (χ2n) is 12.0. The lowest BCUT2D eigenvalue weighted by Crippen LogP contribution is -2.39. The number of hydrogen-bond acceptors (Lipinski definition) is 10. The number of rotatable bonds is 13. The molecule has 0 aliphatic carbocycles. The number of morpholine rings is 1. The van der Waals surface area contributed by atoms with E-state index < -0.39 is 0 Å². The van der Waals surface area contributed by atoms with E-state index in [9.17, 15) is 4.79 Å². The Labute approximate surface area is 285 Å². The maximum Gasteiger partial charge on any atom is 0.317 e. The van der Waals surface area contributed by atoms with Crippen molar-refractivity contribution in [3.05, 3.63) is 84.1 Å². The Kier molecular flexibility index (Phi) is 10.1. The molecule has 3 heterocycles. The van der Waals surface area contributed by atoms with Crippen LogP contribution in [0, 0.1) is 0 Å². The van der Waals surface area contributed by atoms with Gasteiger partial charge in [-0.2, -0.15) is 9.97 Å². The van der Waals surface area contributed by atoms with Gasteiger partial charge in [0, 0.05) is 63.0 Å². The quantitative estimate of drug-likeness (QED) is 0.115. The van der Waals surface area contributed by atoms with Gasteiger partial charge < -0.3 is 33.3 Å². The van der Waals surface area contributed by atoms with Gasteiger partial charge in [0.05, 0.1) is 31.2 Å². The summed E-state index contributed by atoms with van der Waals surface area (Å²) in [7, 11) is 3.17. The molecule has 0 saturated carbocycles. The molecule has 5 aromatic rings. The summed E-state index contributed by atoms with van der Waals surface area (Å²) in [6.07, 6.45) is 1.32. The van der Waals surface area contributed by atoms with Crippen molar-refractivity contribution in [1.29, 1.82) is 0 Å². The first-order valence-electron chi connectivity index (χ1n) is 16.6. The van der Waals surface area contributed by atoms with E-state index in [2.05, 4.69) is 11.0 Å². The van der Waals surface area contributed by atoms with Crippen molar-refractivity contribution in [3.63, 3.8) is 0 Å². The number of carbonyl (C=O) groups excluding carboxylic acids is 1. The van der Waals surface area contributed by atoms with E-state index in [1.54, 1.807) is 19.1 Å². The fourth-order valence-electron chi connectivity index (χ4n) is 6.51. The highest BCUT2D eigenvalue weighted by atomic mass is 16.7. The highest BCUT2D eigenvalue weighted by Gasteiger charge is 2.33. The van der Waals surface area contributed by atoms with E-state index in [0.29, 0.717) is 42.5 Å². The van der Waals surface area contributed by atoms with Crippen LogP contribution < -0.4 is 19.1 Å². The zero-order chi connectivity index (χ0) is 33.6. The summed E-state index contributed by atoms with van der Waals surface area (Å²) >= 11 is 0. The van der Waals surface area contributed by atoms with Crippen LogP contribution in [0.2, 0.25) is 0 Å². The van der Waals surface area contributed by atoms with Gasteiger partial charge in [-0.05, 0) is 47.2 Å². The molecule has 2 aliphatic rings. The first kappa shape index (κ1) is 32.7. The van der Waals surface area contributed by atoms with Crippen molar-refractivity contribution < 1.29 is 33.2 Å². The third kappa shape index (κ3) is 7.16. The molecule has 254 valence electrons. The molecule has 0 radical (unpaired) electrons. The van der Waals surface area contributed by atoms with Crippen molar-refractivity contribution in [3.8, 4) is 28.8 Å². The van der Waals surface area contributed by atoms with E-state index >= 15 is 0 Å². The smallest absolute Gasteiger partial charge is 0.317 e. The van der Waals surface area contributed by atoms with Crippen LogP contribution in [0.1, 0.15) is 22.5 Å². The highest BCUT2D eigenvalue weighted by Crippen LogP contribution is 2.39. The minimum Gasteiger partial charge on any atom is -0.468 e. The standard InChI is InChI=1S/C38H40N4O7/c1-44-24-48-28-20-26-8-3-5-10-30(26)33(22-28)35-32-12-14-42(34-23-29(49-25-45-2)21-27-9-4-6-11-31(27)34)37(43)36(32)40-38(39-35)47-17-7-13-41-15-18-46-19-16-41/h3-6,8-11,20-23H,7,12-19,24-25H2,1-2H3. The van der Waals surface area contributed by atoms with Crippen LogP contribution in [0.15, 0.2) is 72.8 Å². The van der Waals surface area contributed by atoms with Crippen molar-refractivity contribution in [2.45, 2.75) is 12.8 Å². The SMILES string of the molecule is COCOc1cc(-c2nc(OCCCN3CCOCC3)nc3c2CCN(c2cc(OCOC)cc4ccccc24)C3=O)c2ccccc2c1. The number of hydrogen-bond donors (Lipinski definition) is 0. The molecule has 2 aliphatic heterocycles. The number of ether oxygens (including phenoxy) is 6. The molecule has 0 bridgehead atoms. The Morgan fingerprint density at radius 2 is 1.41 bits per heavy atom. The molecule has 0 atom stereocenters. The largest absolute Gasteiger partial charge is 0.468 e. The molecule has 4 aromatic carbocycles. The number of aromatic nitrogens is 2. The minimum absolute atomic E-state index is 0.0957. The summed E-state index contributed by atoms with van der Waals surface area (Å²) in [5, 5.41) is 3.86. The number of benzene rings is 4. The predicted octanol–water partition coefficient (Wildman–Crippen LogP) is 5.72. The van der Waals surface area contributed by atoms with E-state index in [-0.39, 0.29) is 25.5 Å². The molecule has 49 heavy (non-hydrogen) atoms. The predicted molar refractivity (Wildman–Crippen MR) is 187 cm³/mol. The number of amides is 1. The molecular formula is C38H40N4O7. The van der Waals surface area contributed by atoms with E-state index in [1.807, 2.05) is 66.7 Å². The number of methoxy groups -OCH3 is 2. The van der Waals surface area contributed by atoms with Gasteiger partial charge in [0.15, 0.2) is 13.6 Å². The van der Waals surface area contributed by atoms with Gasteiger partial charge in [-0.3, -0.25) is 9.69 Å². The van der Waals surface area contributed by atoms with Crippen LogP contribution in [-0.2, 0) is 20.6 Å².